The lowest BCUT2D eigenvalue weighted by Crippen LogP contribution is -2.13. The van der Waals surface area contributed by atoms with Crippen LogP contribution >= 0.6 is 15.9 Å². The summed E-state index contributed by atoms with van der Waals surface area (Å²) in [5, 5.41) is 7.34. The molecule has 0 aliphatic rings. The fourth-order valence-corrected chi connectivity index (χ4v) is 1.94. The number of hydrogen-bond acceptors (Lipinski definition) is 3. The van der Waals surface area contributed by atoms with Gasteiger partial charge in [0, 0.05) is 10.5 Å². The number of pyridine rings is 1. The van der Waals surface area contributed by atoms with E-state index in [4.69, 9.17) is 15.9 Å². The molecule has 0 aliphatic carbocycles. The van der Waals surface area contributed by atoms with Gasteiger partial charge in [0.05, 0.1) is 0 Å². The molecule has 0 amide bonds. The summed E-state index contributed by atoms with van der Waals surface area (Å²) in [6, 6.07) is 10.9. The van der Waals surface area contributed by atoms with Crippen LogP contribution in [0.2, 0.25) is 0 Å². The number of ether oxygens (including phenoxy) is 1. The highest BCUT2D eigenvalue weighted by Crippen LogP contribution is 2.26. The Morgan fingerprint density at radius 1 is 1.33 bits per heavy atom. The third-order valence-electron chi connectivity index (χ3n) is 2.35. The lowest BCUT2D eigenvalue weighted by molar-refractivity contribution is 0.459. The number of halogens is 1. The lowest BCUT2D eigenvalue weighted by Gasteiger charge is -2.08. The van der Waals surface area contributed by atoms with Crippen molar-refractivity contribution in [2.24, 2.45) is 5.73 Å². The molecule has 2 rings (SSSR count). The maximum Gasteiger partial charge on any atom is 0.219 e. The number of amidine groups is 1. The number of nitrogens with two attached hydrogens (primary N) is 1. The molecule has 0 saturated carbocycles. The van der Waals surface area contributed by atoms with Crippen molar-refractivity contribution in [3.63, 3.8) is 0 Å². The predicted molar refractivity (Wildman–Crippen MR) is 74.2 cm³/mol. The van der Waals surface area contributed by atoms with Crippen LogP contribution in [0.25, 0.3) is 0 Å². The average Bonchev–Trinajstić information content (AvgIpc) is 2.33. The van der Waals surface area contributed by atoms with Crippen LogP contribution in [-0.2, 0) is 0 Å². The van der Waals surface area contributed by atoms with E-state index in [-0.39, 0.29) is 5.84 Å². The first-order chi connectivity index (χ1) is 8.56. The van der Waals surface area contributed by atoms with Gasteiger partial charge in [-0.25, -0.2) is 4.98 Å². The van der Waals surface area contributed by atoms with E-state index in [1.54, 1.807) is 18.2 Å². The van der Waals surface area contributed by atoms with Crippen molar-refractivity contribution in [2.75, 3.05) is 0 Å². The third kappa shape index (κ3) is 2.87. The molecule has 1 aromatic heterocycles. The highest BCUT2D eigenvalue weighted by molar-refractivity contribution is 9.10. The van der Waals surface area contributed by atoms with Crippen molar-refractivity contribution in [3.8, 4) is 11.6 Å². The first-order valence-electron chi connectivity index (χ1n) is 5.32. The zero-order valence-corrected chi connectivity index (χ0v) is 11.4. The van der Waals surface area contributed by atoms with Gasteiger partial charge in [-0.05, 0) is 36.8 Å². The largest absolute Gasteiger partial charge is 0.439 e. The molecular weight excluding hydrogens is 294 g/mol. The first kappa shape index (κ1) is 12.6. The fourth-order valence-electron chi connectivity index (χ4n) is 1.46. The van der Waals surface area contributed by atoms with Crippen LogP contribution < -0.4 is 10.5 Å². The Morgan fingerprint density at radius 2 is 2.11 bits per heavy atom. The van der Waals surface area contributed by atoms with Crippen molar-refractivity contribution in [3.05, 3.63) is 52.1 Å². The molecular formula is C13H12BrN3O. The van der Waals surface area contributed by atoms with Crippen molar-refractivity contribution < 1.29 is 4.74 Å². The van der Waals surface area contributed by atoms with E-state index in [0.29, 0.717) is 11.6 Å². The van der Waals surface area contributed by atoms with Gasteiger partial charge in [0.2, 0.25) is 5.88 Å². The zero-order valence-electron chi connectivity index (χ0n) is 9.77. The zero-order chi connectivity index (χ0) is 13.1. The Kier molecular flexibility index (Phi) is 3.62. The summed E-state index contributed by atoms with van der Waals surface area (Å²) in [5.41, 5.74) is 6.79. The molecule has 4 nitrogen and oxygen atoms in total. The van der Waals surface area contributed by atoms with Crippen LogP contribution in [0.5, 0.6) is 11.6 Å². The minimum atomic E-state index is -0.0759. The highest BCUT2D eigenvalue weighted by Gasteiger charge is 2.05. The van der Waals surface area contributed by atoms with Gasteiger partial charge in [-0.15, -0.1) is 0 Å². The predicted octanol–water partition coefficient (Wildman–Crippen LogP) is 3.23. The van der Waals surface area contributed by atoms with Gasteiger partial charge in [0.1, 0.15) is 17.3 Å². The van der Waals surface area contributed by atoms with Gasteiger partial charge in [-0.3, -0.25) is 5.41 Å². The smallest absolute Gasteiger partial charge is 0.219 e. The molecule has 0 atom stereocenters. The van der Waals surface area contributed by atoms with E-state index >= 15 is 0 Å². The molecule has 2 aromatic rings. The molecule has 0 unspecified atom stereocenters. The van der Waals surface area contributed by atoms with E-state index < -0.39 is 0 Å². The number of hydrogen-bond donors (Lipinski definition) is 2. The van der Waals surface area contributed by atoms with Crippen molar-refractivity contribution in [1.82, 2.24) is 4.98 Å². The maximum atomic E-state index is 7.34. The summed E-state index contributed by atoms with van der Waals surface area (Å²) in [6.07, 6.45) is 0. The summed E-state index contributed by atoms with van der Waals surface area (Å²) in [4.78, 5) is 4.15. The molecule has 0 saturated heterocycles. The van der Waals surface area contributed by atoms with Crippen LogP contribution in [0.1, 0.15) is 11.3 Å². The third-order valence-corrected chi connectivity index (χ3v) is 2.84. The number of nitrogen functional groups attached to an aromatic ring is 1. The lowest BCUT2D eigenvalue weighted by atomic mass is 10.2. The molecule has 18 heavy (non-hydrogen) atoms. The Bertz CT molecular complexity index is 599. The maximum absolute atomic E-state index is 7.34. The quantitative estimate of drug-likeness (QED) is 0.675. The molecule has 0 radical (unpaired) electrons. The average molecular weight is 306 g/mol. The van der Waals surface area contributed by atoms with E-state index in [2.05, 4.69) is 20.9 Å². The number of nitrogens with zero attached hydrogens (tertiary/aromatic N) is 1. The number of aromatic nitrogens is 1. The molecule has 92 valence electrons. The molecule has 0 fully saturated rings. The monoisotopic (exact) mass is 305 g/mol. The first-order valence-corrected chi connectivity index (χ1v) is 6.11. The van der Waals surface area contributed by atoms with Gasteiger partial charge in [-0.1, -0.05) is 22.0 Å². The fraction of sp³-hybridized carbons (Fsp3) is 0.0769. The van der Waals surface area contributed by atoms with Crippen LogP contribution in [0.15, 0.2) is 40.9 Å². The van der Waals surface area contributed by atoms with E-state index in [0.717, 1.165) is 15.8 Å². The minimum absolute atomic E-state index is 0.0759. The molecule has 1 aromatic carbocycles. The number of benzene rings is 1. The SMILES string of the molecule is Cc1cc(Br)ccc1Oc1cccc(C(=N)N)n1. The minimum Gasteiger partial charge on any atom is -0.439 e. The van der Waals surface area contributed by atoms with Crippen LogP contribution in [0.4, 0.5) is 0 Å². The Morgan fingerprint density at radius 3 is 2.78 bits per heavy atom. The number of nitrogens with one attached hydrogen (secondary N) is 1. The summed E-state index contributed by atoms with van der Waals surface area (Å²) in [5.74, 6) is 1.08. The molecule has 0 aliphatic heterocycles. The molecule has 5 heteroatoms. The normalized spacial score (nSPS) is 10.1. The van der Waals surface area contributed by atoms with Gasteiger partial charge < -0.3 is 10.5 Å². The molecule has 0 bridgehead atoms. The molecule has 3 N–H and O–H groups in total. The van der Waals surface area contributed by atoms with Crippen LogP contribution in [-0.4, -0.2) is 10.8 Å². The second-order valence-corrected chi connectivity index (χ2v) is 4.70. The summed E-state index contributed by atoms with van der Waals surface area (Å²) in [7, 11) is 0. The second kappa shape index (κ2) is 5.18. The van der Waals surface area contributed by atoms with Gasteiger partial charge in [0.25, 0.3) is 0 Å². The Labute approximate surface area is 113 Å². The summed E-state index contributed by atoms with van der Waals surface area (Å²) < 4.78 is 6.67. The van der Waals surface area contributed by atoms with E-state index in [9.17, 15) is 0 Å². The molecule has 0 spiro atoms. The van der Waals surface area contributed by atoms with Crippen molar-refractivity contribution in [1.29, 1.82) is 5.41 Å². The highest BCUT2D eigenvalue weighted by atomic mass is 79.9. The Balaban J connectivity index is 2.28. The van der Waals surface area contributed by atoms with Crippen molar-refractivity contribution in [2.45, 2.75) is 6.92 Å². The van der Waals surface area contributed by atoms with Crippen molar-refractivity contribution >= 4 is 21.8 Å². The number of rotatable bonds is 3. The van der Waals surface area contributed by atoms with Gasteiger partial charge in [0.15, 0.2) is 0 Å². The second-order valence-electron chi connectivity index (χ2n) is 3.79. The van der Waals surface area contributed by atoms with Crippen LogP contribution in [0.3, 0.4) is 0 Å². The van der Waals surface area contributed by atoms with Gasteiger partial charge >= 0.3 is 0 Å². The topological polar surface area (TPSA) is 72.0 Å². The van der Waals surface area contributed by atoms with E-state index in [1.807, 2.05) is 25.1 Å². The van der Waals surface area contributed by atoms with Gasteiger partial charge in [-0.2, -0.15) is 0 Å². The van der Waals surface area contributed by atoms with E-state index in [1.165, 1.54) is 0 Å². The standard InChI is InChI=1S/C13H12BrN3O/c1-8-7-9(14)5-6-11(8)18-12-4-2-3-10(17-12)13(15)16/h2-7H,1H3,(H3,15,16). The number of aryl methyl sites for hydroxylation is 1. The summed E-state index contributed by atoms with van der Waals surface area (Å²) in [6.45, 7) is 1.95. The molecule has 1 heterocycles. The van der Waals surface area contributed by atoms with Crippen LogP contribution in [0, 0.1) is 12.3 Å². The Hall–Kier alpha value is -1.88. The summed E-state index contributed by atoms with van der Waals surface area (Å²) >= 11 is 3.40.